The summed E-state index contributed by atoms with van der Waals surface area (Å²) in [7, 11) is -0.334. The third-order valence-corrected chi connectivity index (χ3v) is 9.37. The molecule has 0 spiro atoms. The van der Waals surface area contributed by atoms with Gasteiger partial charge in [0.15, 0.2) is 8.32 Å². The summed E-state index contributed by atoms with van der Waals surface area (Å²) in [4.78, 5) is 12.3. The molecule has 0 unspecified atom stereocenters. The second-order valence-corrected chi connectivity index (χ2v) is 14.3. The third-order valence-electron chi connectivity index (χ3n) is 4.89. The Morgan fingerprint density at radius 3 is 2.28 bits per heavy atom. The summed E-state index contributed by atoms with van der Waals surface area (Å²) in [6.45, 7) is 18.9. The highest BCUT2D eigenvalue weighted by molar-refractivity contribution is 6.74. The van der Waals surface area contributed by atoms with Crippen LogP contribution in [0.2, 0.25) is 18.1 Å². The van der Waals surface area contributed by atoms with E-state index in [9.17, 15) is 4.79 Å². The maximum atomic E-state index is 12.3. The topological polar surface area (TPSA) is 56.8 Å². The molecule has 0 aliphatic rings. The van der Waals surface area contributed by atoms with Crippen molar-refractivity contribution in [3.63, 3.8) is 0 Å². The summed E-state index contributed by atoms with van der Waals surface area (Å²) in [6.07, 6.45) is 1.34. The second kappa shape index (κ2) is 9.66. The zero-order valence-corrected chi connectivity index (χ0v) is 20.6. The number of rotatable bonds is 6. The van der Waals surface area contributed by atoms with E-state index in [2.05, 4.69) is 44.9 Å². The van der Waals surface area contributed by atoms with Crippen molar-refractivity contribution in [2.45, 2.75) is 72.2 Å². The first-order valence-electron chi connectivity index (χ1n) is 9.93. The minimum absolute atomic E-state index is 0.0972. The van der Waals surface area contributed by atoms with Crippen LogP contribution in [0.25, 0.3) is 5.57 Å². The SMILES string of the molecule is CC=C=C(CO[Si](C)(C)C(C)(C)C)c1cc(OC)ccc1NC(=O)OC(C)(C)C. The molecule has 0 aliphatic carbocycles. The van der Waals surface area contributed by atoms with Crippen molar-refractivity contribution in [1.82, 2.24) is 0 Å². The average molecular weight is 420 g/mol. The van der Waals surface area contributed by atoms with E-state index in [0.29, 0.717) is 18.0 Å². The normalized spacial score (nSPS) is 12.1. The maximum Gasteiger partial charge on any atom is 0.412 e. The molecule has 0 radical (unpaired) electrons. The highest BCUT2D eigenvalue weighted by atomic mass is 28.4. The lowest BCUT2D eigenvalue weighted by atomic mass is 10.0. The molecule has 0 saturated carbocycles. The molecule has 1 N–H and O–H groups in total. The Morgan fingerprint density at radius 2 is 1.79 bits per heavy atom. The summed E-state index contributed by atoms with van der Waals surface area (Å²) in [5, 5.41) is 2.95. The Hall–Kier alpha value is -2.01. The van der Waals surface area contributed by atoms with Crippen LogP contribution in [0.1, 0.15) is 54.0 Å². The minimum atomic E-state index is -1.95. The van der Waals surface area contributed by atoms with Crippen LogP contribution in [0.15, 0.2) is 30.0 Å². The summed E-state index contributed by atoms with van der Waals surface area (Å²) >= 11 is 0. The van der Waals surface area contributed by atoms with E-state index in [1.54, 1.807) is 13.2 Å². The fourth-order valence-electron chi connectivity index (χ4n) is 2.26. The van der Waals surface area contributed by atoms with Crippen LogP contribution in [-0.4, -0.2) is 33.7 Å². The van der Waals surface area contributed by atoms with Gasteiger partial charge < -0.3 is 13.9 Å². The van der Waals surface area contributed by atoms with Gasteiger partial charge >= 0.3 is 6.09 Å². The molecule has 0 heterocycles. The quantitative estimate of drug-likeness (QED) is 0.416. The van der Waals surface area contributed by atoms with E-state index in [0.717, 1.165) is 11.1 Å². The van der Waals surface area contributed by atoms with Crippen molar-refractivity contribution in [3.8, 4) is 5.75 Å². The summed E-state index contributed by atoms with van der Waals surface area (Å²) in [6, 6.07) is 5.49. The smallest absolute Gasteiger partial charge is 0.412 e. The number of carbonyl (C=O) groups excluding carboxylic acids is 1. The number of nitrogens with one attached hydrogen (secondary N) is 1. The van der Waals surface area contributed by atoms with Gasteiger partial charge in [-0.2, -0.15) is 0 Å². The largest absolute Gasteiger partial charge is 0.497 e. The van der Waals surface area contributed by atoms with Gasteiger partial charge in [-0.3, -0.25) is 5.32 Å². The van der Waals surface area contributed by atoms with Crippen LogP contribution in [0.5, 0.6) is 5.75 Å². The fraction of sp³-hybridized carbons (Fsp3) is 0.565. The number of benzene rings is 1. The van der Waals surface area contributed by atoms with Crippen molar-refractivity contribution >= 4 is 25.7 Å². The lowest BCUT2D eigenvalue weighted by molar-refractivity contribution is 0.0636. The molecule has 0 atom stereocenters. The van der Waals surface area contributed by atoms with Crippen LogP contribution in [0.4, 0.5) is 10.5 Å². The molecular weight excluding hydrogens is 382 g/mol. The first-order valence-corrected chi connectivity index (χ1v) is 12.8. The molecule has 162 valence electrons. The summed E-state index contributed by atoms with van der Waals surface area (Å²) < 4.78 is 17.2. The fourth-order valence-corrected chi connectivity index (χ4v) is 3.20. The van der Waals surface area contributed by atoms with Crippen molar-refractivity contribution in [3.05, 3.63) is 35.6 Å². The first kappa shape index (κ1) is 25.0. The number of hydrogen-bond donors (Lipinski definition) is 1. The highest BCUT2D eigenvalue weighted by Gasteiger charge is 2.37. The Balaban J connectivity index is 3.28. The summed E-state index contributed by atoms with van der Waals surface area (Å²) in [5.41, 5.74) is 4.97. The van der Waals surface area contributed by atoms with Gasteiger partial charge in [0.25, 0.3) is 0 Å². The molecule has 1 aromatic rings. The van der Waals surface area contributed by atoms with Crippen LogP contribution in [-0.2, 0) is 9.16 Å². The molecule has 0 aromatic heterocycles. The van der Waals surface area contributed by atoms with E-state index < -0.39 is 20.0 Å². The maximum absolute atomic E-state index is 12.3. The van der Waals surface area contributed by atoms with Gasteiger partial charge in [0.05, 0.1) is 19.4 Å². The zero-order chi connectivity index (χ0) is 22.5. The molecule has 6 heteroatoms. The van der Waals surface area contributed by atoms with Crippen molar-refractivity contribution in [2.75, 3.05) is 19.0 Å². The molecule has 0 bridgehead atoms. The minimum Gasteiger partial charge on any atom is -0.497 e. The molecule has 1 rings (SSSR count). The molecule has 0 fully saturated rings. The molecule has 0 saturated heterocycles. The summed E-state index contributed by atoms with van der Waals surface area (Å²) in [5.74, 6) is 0.692. The molecule has 5 nitrogen and oxygen atoms in total. The second-order valence-electron chi connectivity index (χ2n) is 9.50. The Kier molecular flexibility index (Phi) is 8.33. The van der Waals surface area contributed by atoms with E-state index in [4.69, 9.17) is 13.9 Å². The van der Waals surface area contributed by atoms with Crippen LogP contribution >= 0.6 is 0 Å². The van der Waals surface area contributed by atoms with Crippen molar-refractivity contribution in [2.24, 2.45) is 0 Å². The van der Waals surface area contributed by atoms with Gasteiger partial charge in [0.1, 0.15) is 11.4 Å². The van der Waals surface area contributed by atoms with E-state index >= 15 is 0 Å². The molecular formula is C23H37NO4Si. The standard InChI is InChI=1S/C23H37NO4Si/c1-11-12-17(16-27-29(9,10)23(5,6)7)19-15-18(26-8)13-14-20(19)24-21(25)28-22(2,3)4/h11,13-15H,16H2,1-10H3,(H,24,25). The molecule has 1 aromatic carbocycles. The Morgan fingerprint density at radius 1 is 1.17 bits per heavy atom. The van der Waals surface area contributed by atoms with Crippen LogP contribution in [0, 0.1) is 0 Å². The number of methoxy groups -OCH3 is 1. The lowest BCUT2D eigenvalue weighted by Crippen LogP contribution is -2.41. The van der Waals surface area contributed by atoms with Crippen LogP contribution in [0.3, 0.4) is 0 Å². The number of amides is 1. The van der Waals surface area contributed by atoms with Gasteiger partial charge in [-0.15, -0.1) is 5.73 Å². The number of ether oxygens (including phenoxy) is 2. The van der Waals surface area contributed by atoms with Crippen molar-refractivity contribution in [1.29, 1.82) is 0 Å². The highest BCUT2D eigenvalue weighted by Crippen LogP contribution is 2.38. The number of anilines is 1. The zero-order valence-electron chi connectivity index (χ0n) is 19.6. The van der Waals surface area contributed by atoms with E-state index in [-0.39, 0.29) is 5.04 Å². The van der Waals surface area contributed by atoms with E-state index in [1.807, 2.05) is 45.9 Å². The third kappa shape index (κ3) is 7.73. The molecule has 0 aliphatic heterocycles. The van der Waals surface area contributed by atoms with Gasteiger partial charge in [-0.25, -0.2) is 4.79 Å². The van der Waals surface area contributed by atoms with Gasteiger partial charge in [0, 0.05) is 11.1 Å². The number of carbonyl (C=O) groups is 1. The predicted octanol–water partition coefficient (Wildman–Crippen LogP) is 6.62. The lowest BCUT2D eigenvalue weighted by Gasteiger charge is -2.36. The Labute approximate surface area is 177 Å². The predicted molar refractivity (Wildman–Crippen MR) is 123 cm³/mol. The molecule has 1 amide bonds. The van der Waals surface area contributed by atoms with E-state index in [1.165, 1.54) is 0 Å². The van der Waals surface area contributed by atoms with Gasteiger partial charge in [0.2, 0.25) is 0 Å². The van der Waals surface area contributed by atoms with Gasteiger partial charge in [-0.1, -0.05) is 20.8 Å². The Bertz CT molecular complexity index is 779. The molecule has 29 heavy (non-hydrogen) atoms. The average Bonchev–Trinajstić information content (AvgIpc) is 2.56. The first-order chi connectivity index (χ1) is 13.2. The van der Waals surface area contributed by atoms with Crippen molar-refractivity contribution < 1.29 is 18.7 Å². The van der Waals surface area contributed by atoms with Gasteiger partial charge in [-0.05, 0) is 70.1 Å². The number of hydrogen-bond acceptors (Lipinski definition) is 4. The van der Waals surface area contributed by atoms with Crippen LogP contribution < -0.4 is 10.1 Å². The monoisotopic (exact) mass is 419 g/mol.